The van der Waals surface area contributed by atoms with Gasteiger partial charge in [-0.05, 0) is 67.6 Å². The number of aryl methyl sites for hydroxylation is 1. The summed E-state index contributed by atoms with van der Waals surface area (Å²) in [6.07, 6.45) is 5.09. The number of pyridine rings is 1. The highest BCUT2D eigenvalue weighted by molar-refractivity contribution is 5.99. The lowest BCUT2D eigenvalue weighted by Gasteiger charge is -2.23. The van der Waals surface area contributed by atoms with E-state index in [1.807, 2.05) is 6.07 Å². The van der Waals surface area contributed by atoms with Crippen LogP contribution in [0.4, 0.5) is 5.82 Å². The number of aromatic amines is 1. The molecule has 5 rings (SSSR count). The van der Waals surface area contributed by atoms with Crippen LogP contribution < -0.4 is 11.1 Å². The second-order valence-electron chi connectivity index (χ2n) is 7.27. The maximum atomic E-state index is 5.89. The Labute approximate surface area is 157 Å². The Morgan fingerprint density at radius 3 is 2.89 bits per heavy atom. The maximum Gasteiger partial charge on any atom is 0.196 e. The van der Waals surface area contributed by atoms with Gasteiger partial charge >= 0.3 is 0 Å². The van der Waals surface area contributed by atoms with E-state index in [9.17, 15) is 0 Å². The molecule has 4 aromatic rings. The summed E-state index contributed by atoms with van der Waals surface area (Å²) in [5.41, 5.74) is 13.0. The second kappa shape index (κ2) is 6.39. The molecule has 6 heteroatoms. The predicted octanol–water partition coefficient (Wildman–Crippen LogP) is 3.98. The number of H-pyrrole nitrogens is 1. The Hall–Kier alpha value is -2.86. The highest BCUT2D eigenvalue weighted by Gasteiger charge is 2.20. The number of nitrogens with zero attached hydrogens (tertiary/aromatic N) is 2. The Balaban J connectivity index is 1.68. The molecule has 27 heavy (non-hydrogen) atoms. The molecule has 1 aliphatic rings. The second-order valence-corrected chi connectivity index (χ2v) is 7.27. The van der Waals surface area contributed by atoms with Crippen molar-refractivity contribution in [2.45, 2.75) is 32.1 Å². The van der Waals surface area contributed by atoms with Crippen molar-refractivity contribution < 1.29 is 4.52 Å². The van der Waals surface area contributed by atoms with E-state index in [2.05, 4.69) is 45.6 Å². The SMILES string of the molecule is CCc1c(-c2ccnc3c(N)noc23)[nH]c2ccc(C3CCNCC3)cc12. The number of rotatable bonds is 3. The van der Waals surface area contributed by atoms with Crippen molar-refractivity contribution in [3.8, 4) is 11.3 Å². The summed E-state index contributed by atoms with van der Waals surface area (Å²) >= 11 is 0. The molecule has 4 N–H and O–H groups in total. The van der Waals surface area contributed by atoms with Gasteiger partial charge in [-0.1, -0.05) is 18.1 Å². The number of hydrogen-bond acceptors (Lipinski definition) is 5. The summed E-state index contributed by atoms with van der Waals surface area (Å²) in [6, 6.07) is 8.82. The van der Waals surface area contributed by atoms with Gasteiger partial charge in [0, 0.05) is 22.7 Å². The van der Waals surface area contributed by atoms with Crippen LogP contribution in [0, 0.1) is 0 Å². The standard InChI is InChI=1S/C21H23N5O/c1-2-14-16-11-13(12-5-8-23-9-6-12)3-4-17(16)25-18(14)15-7-10-24-19-20(15)27-26-21(19)22/h3-4,7,10-12,23,25H,2,5-6,8-9H2,1H3,(H2,22,26). The van der Waals surface area contributed by atoms with E-state index in [-0.39, 0.29) is 0 Å². The van der Waals surface area contributed by atoms with Gasteiger partial charge in [-0.3, -0.25) is 0 Å². The van der Waals surface area contributed by atoms with Gasteiger partial charge in [-0.15, -0.1) is 0 Å². The van der Waals surface area contributed by atoms with E-state index in [1.54, 1.807) is 6.20 Å². The van der Waals surface area contributed by atoms with Crippen molar-refractivity contribution >= 4 is 27.8 Å². The summed E-state index contributed by atoms with van der Waals surface area (Å²) in [4.78, 5) is 7.90. The van der Waals surface area contributed by atoms with Crippen molar-refractivity contribution in [1.82, 2.24) is 20.4 Å². The number of benzene rings is 1. The van der Waals surface area contributed by atoms with Crippen LogP contribution in [0.25, 0.3) is 33.3 Å². The third-order valence-electron chi connectivity index (χ3n) is 5.75. The van der Waals surface area contributed by atoms with E-state index >= 15 is 0 Å². The first kappa shape index (κ1) is 16.3. The van der Waals surface area contributed by atoms with E-state index in [0.29, 0.717) is 22.8 Å². The average Bonchev–Trinajstić information content (AvgIpc) is 3.28. The Morgan fingerprint density at radius 1 is 1.22 bits per heavy atom. The monoisotopic (exact) mass is 361 g/mol. The summed E-state index contributed by atoms with van der Waals surface area (Å²) in [5, 5.41) is 8.63. The van der Waals surface area contributed by atoms with Crippen molar-refractivity contribution in [2.24, 2.45) is 0 Å². The molecule has 1 fully saturated rings. The summed E-state index contributed by atoms with van der Waals surface area (Å²) in [7, 11) is 0. The molecule has 0 atom stereocenters. The molecule has 138 valence electrons. The zero-order chi connectivity index (χ0) is 18.4. The molecule has 4 heterocycles. The van der Waals surface area contributed by atoms with Gasteiger partial charge in [0.05, 0.1) is 5.69 Å². The highest BCUT2D eigenvalue weighted by Crippen LogP contribution is 2.37. The van der Waals surface area contributed by atoms with E-state index < -0.39 is 0 Å². The van der Waals surface area contributed by atoms with Crippen LogP contribution in [0.5, 0.6) is 0 Å². The quantitative estimate of drug-likeness (QED) is 0.513. The van der Waals surface area contributed by atoms with Crippen LogP contribution in [0.2, 0.25) is 0 Å². The summed E-state index contributed by atoms with van der Waals surface area (Å²) in [6.45, 7) is 4.39. The minimum atomic E-state index is 0.328. The number of fused-ring (bicyclic) bond motifs is 2. The predicted molar refractivity (Wildman–Crippen MR) is 108 cm³/mol. The van der Waals surface area contributed by atoms with E-state index in [0.717, 1.165) is 36.3 Å². The van der Waals surface area contributed by atoms with Gasteiger partial charge < -0.3 is 20.6 Å². The van der Waals surface area contributed by atoms with Gasteiger partial charge in [0.1, 0.15) is 0 Å². The molecule has 6 nitrogen and oxygen atoms in total. The van der Waals surface area contributed by atoms with Crippen LogP contribution in [-0.2, 0) is 6.42 Å². The Kier molecular flexibility index (Phi) is 3.86. The number of anilines is 1. The number of hydrogen-bond donors (Lipinski definition) is 3. The van der Waals surface area contributed by atoms with Gasteiger partial charge in [0.15, 0.2) is 16.9 Å². The zero-order valence-electron chi connectivity index (χ0n) is 15.4. The lowest BCUT2D eigenvalue weighted by atomic mass is 9.89. The molecule has 0 saturated carbocycles. The van der Waals surface area contributed by atoms with Gasteiger partial charge in [-0.25, -0.2) is 4.98 Å². The lowest BCUT2D eigenvalue weighted by molar-refractivity contribution is 0.460. The maximum absolute atomic E-state index is 5.89. The van der Waals surface area contributed by atoms with Crippen molar-refractivity contribution in [3.05, 3.63) is 41.6 Å². The fraction of sp³-hybridized carbons (Fsp3) is 0.333. The smallest absolute Gasteiger partial charge is 0.196 e. The number of piperidine rings is 1. The molecule has 0 unspecified atom stereocenters. The van der Waals surface area contributed by atoms with Crippen LogP contribution in [-0.4, -0.2) is 28.2 Å². The normalized spacial score (nSPS) is 15.7. The van der Waals surface area contributed by atoms with Crippen LogP contribution in [0.1, 0.15) is 36.8 Å². The number of aromatic nitrogens is 3. The van der Waals surface area contributed by atoms with Crippen LogP contribution in [0.15, 0.2) is 35.0 Å². The average molecular weight is 361 g/mol. The molecule has 3 aromatic heterocycles. The molecule has 0 spiro atoms. The lowest BCUT2D eigenvalue weighted by Crippen LogP contribution is -2.26. The summed E-state index contributed by atoms with van der Waals surface area (Å²) in [5.74, 6) is 0.967. The molecule has 0 radical (unpaired) electrons. The first-order chi connectivity index (χ1) is 13.3. The fourth-order valence-electron chi connectivity index (χ4n) is 4.33. The number of nitrogens with one attached hydrogen (secondary N) is 2. The van der Waals surface area contributed by atoms with Gasteiger partial charge in [0.2, 0.25) is 0 Å². The molecule has 1 saturated heterocycles. The molecule has 0 amide bonds. The third-order valence-corrected chi connectivity index (χ3v) is 5.75. The van der Waals surface area contributed by atoms with E-state index in [4.69, 9.17) is 10.3 Å². The molecule has 0 aliphatic carbocycles. The van der Waals surface area contributed by atoms with Gasteiger partial charge in [-0.2, -0.15) is 0 Å². The van der Waals surface area contributed by atoms with E-state index in [1.165, 1.54) is 29.4 Å². The highest BCUT2D eigenvalue weighted by atomic mass is 16.5. The topological polar surface area (TPSA) is 92.8 Å². The Morgan fingerprint density at radius 2 is 2.07 bits per heavy atom. The number of nitrogen functional groups attached to an aromatic ring is 1. The molecule has 1 aromatic carbocycles. The fourth-order valence-corrected chi connectivity index (χ4v) is 4.33. The zero-order valence-corrected chi connectivity index (χ0v) is 15.4. The third kappa shape index (κ3) is 2.59. The minimum Gasteiger partial charge on any atom is -0.379 e. The molecular formula is C21H23N5O. The van der Waals surface area contributed by atoms with Crippen molar-refractivity contribution in [3.63, 3.8) is 0 Å². The van der Waals surface area contributed by atoms with Crippen molar-refractivity contribution in [1.29, 1.82) is 0 Å². The first-order valence-corrected chi connectivity index (χ1v) is 9.61. The minimum absolute atomic E-state index is 0.328. The van der Waals surface area contributed by atoms with Crippen molar-refractivity contribution in [2.75, 3.05) is 18.8 Å². The summed E-state index contributed by atoms with van der Waals surface area (Å²) < 4.78 is 5.48. The van der Waals surface area contributed by atoms with Crippen LogP contribution >= 0.6 is 0 Å². The van der Waals surface area contributed by atoms with Gasteiger partial charge in [0.25, 0.3) is 0 Å². The molecule has 1 aliphatic heterocycles. The number of nitrogens with two attached hydrogens (primary N) is 1. The van der Waals surface area contributed by atoms with Crippen LogP contribution in [0.3, 0.4) is 0 Å². The Bertz CT molecular complexity index is 1120. The molecular weight excluding hydrogens is 338 g/mol. The largest absolute Gasteiger partial charge is 0.379 e. The first-order valence-electron chi connectivity index (χ1n) is 9.61. The molecule has 0 bridgehead atoms.